The first-order chi connectivity index (χ1) is 29.7. The van der Waals surface area contributed by atoms with E-state index in [1.54, 1.807) is 0 Å². The maximum absolute atomic E-state index is 2.39. The number of hydrogen-bond donors (Lipinski definition) is 0. The third kappa shape index (κ3) is 5.61. The Balaban J connectivity index is 1.10. The number of rotatable bonds is 5. The average Bonchev–Trinajstić information content (AvgIpc) is 3.32. The van der Waals surface area contributed by atoms with E-state index in [2.05, 4.69) is 231 Å². The second-order valence-electron chi connectivity index (χ2n) is 16.0. The van der Waals surface area contributed by atoms with Crippen molar-refractivity contribution in [2.24, 2.45) is 0 Å². The minimum atomic E-state index is 1.20. The second-order valence-corrected chi connectivity index (χ2v) is 16.0. The van der Waals surface area contributed by atoms with E-state index in [-0.39, 0.29) is 0 Å². The highest BCUT2D eigenvalue weighted by molar-refractivity contribution is 6.25. The van der Waals surface area contributed by atoms with Crippen molar-refractivity contribution in [1.82, 2.24) is 0 Å². The molecule has 12 aromatic carbocycles. The van der Waals surface area contributed by atoms with E-state index in [4.69, 9.17) is 0 Å². The van der Waals surface area contributed by atoms with Gasteiger partial charge in [-0.05, 0) is 151 Å². The molecule has 0 nitrogen and oxygen atoms in total. The zero-order valence-electron chi connectivity index (χ0n) is 32.9. The van der Waals surface area contributed by atoms with Crippen LogP contribution in [0.5, 0.6) is 0 Å². The van der Waals surface area contributed by atoms with Crippen molar-refractivity contribution in [1.29, 1.82) is 0 Å². The summed E-state index contributed by atoms with van der Waals surface area (Å²) in [5, 5.41) is 15.0. The molecule has 60 heavy (non-hydrogen) atoms. The van der Waals surface area contributed by atoms with Gasteiger partial charge in [-0.2, -0.15) is 0 Å². The predicted octanol–water partition coefficient (Wildman–Crippen LogP) is 16.9. The number of fused-ring (bicyclic) bond motifs is 6. The van der Waals surface area contributed by atoms with Crippen LogP contribution in [0.1, 0.15) is 0 Å². The minimum absolute atomic E-state index is 1.20. The van der Waals surface area contributed by atoms with Crippen LogP contribution in [0.2, 0.25) is 0 Å². The molecule has 0 amide bonds. The molecule has 278 valence electrons. The molecule has 0 fully saturated rings. The molecule has 0 unspecified atom stereocenters. The van der Waals surface area contributed by atoms with Crippen LogP contribution in [0.25, 0.3) is 120 Å². The van der Waals surface area contributed by atoms with Gasteiger partial charge >= 0.3 is 0 Å². The van der Waals surface area contributed by atoms with Crippen LogP contribution in [0.15, 0.2) is 231 Å². The van der Waals surface area contributed by atoms with Crippen molar-refractivity contribution in [3.63, 3.8) is 0 Å². The molecule has 0 atom stereocenters. The summed E-state index contributed by atoms with van der Waals surface area (Å²) in [6.07, 6.45) is 0. The van der Waals surface area contributed by atoms with E-state index in [0.29, 0.717) is 0 Å². The molecule has 0 heterocycles. The Labute approximate surface area is 349 Å². The van der Waals surface area contributed by atoms with Gasteiger partial charge in [-0.15, -0.1) is 0 Å². The highest BCUT2D eigenvalue weighted by Gasteiger charge is 2.20. The molecule has 12 aromatic rings. The van der Waals surface area contributed by atoms with E-state index in [1.165, 1.54) is 120 Å². The van der Waals surface area contributed by atoms with Crippen LogP contribution in [0, 0.1) is 0 Å². The molecule has 0 aromatic heterocycles. The summed E-state index contributed by atoms with van der Waals surface area (Å²) in [5.41, 5.74) is 12.3. The van der Waals surface area contributed by atoms with Crippen molar-refractivity contribution in [2.75, 3.05) is 0 Å². The maximum Gasteiger partial charge on any atom is -0.00201 e. The van der Waals surface area contributed by atoms with Gasteiger partial charge in [0.05, 0.1) is 0 Å². The summed E-state index contributed by atoms with van der Waals surface area (Å²) >= 11 is 0. The normalized spacial score (nSPS) is 11.7. The fourth-order valence-electron chi connectivity index (χ4n) is 9.78. The molecule has 0 N–H and O–H groups in total. The summed E-state index contributed by atoms with van der Waals surface area (Å²) in [5.74, 6) is 0. The third-order valence-electron chi connectivity index (χ3n) is 12.6. The van der Waals surface area contributed by atoms with Crippen LogP contribution >= 0.6 is 0 Å². The van der Waals surface area contributed by atoms with Crippen LogP contribution in [-0.4, -0.2) is 0 Å². The van der Waals surface area contributed by atoms with E-state index in [0.717, 1.165) is 0 Å². The Kier molecular flexibility index (Phi) is 7.96. The summed E-state index contributed by atoms with van der Waals surface area (Å²) in [6, 6.07) is 85.3. The van der Waals surface area contributed by atoms with Gasteiger partial charge < -0.3 is 0 Å². The minimum Gasteiger partial charge on any atom is -0.0616 e. The largest absolute Gasteiger partial charge is 0.0616 e. The molecule has 0 bridgehead atoms. The van der Waals surface area contributed by atoms with Gasteiger partial charge in [0.2, 0.25) is 0 Å². The van der Waals surface area contributed by atoms with Gasteiger partial charge in [-0.3, -0.25) is 0 Å². The first-order valence-corrected chi connectivity index (χ1v) is 20.8. The molecule has 0 aliphatic rings. The fraction of sp³-hybridized carbons (Fsp3) is 0. The van der Waals surface area contributed by atoms with Gasteiger partial charge in [-0.1, -0.05) is 200 Å². The highest BCUT2D eigenvalue weighted by atomic mass is 14.2. The van der Waals surface area contributed by atoms with Crippen molar-refractivity contribution >= 4 is 64.6 Å². The van der Waals surface area contributed by atoms with Gasteiger partial charge in [0.1, 0.15) is 0 Å². The van der Waals surface area contributed by atoms with Crippen molar-refractivity contribution in [3.05, 3.63) is 231 Å². The predicted molar refractivity (Wildman–Crippen MR) is 259 cm³/mol. The smallest absolute Gasteiger partial charge is 0.00201 e. The van der Waals surface area contributed by atoms with E-state index < -0.39 is 0 Å². The van der Waals surface area contributed by atoms with Gasteiger partial charge in [0.25, 0.3) is 0 Å². The molecular formula is C60H38. The lowest BCUT2D eigenvalue weighted by atomic mass is 9.82. The fourth-order valence-corrected chi connectivity index (χ4v) is 9.78. The van der Waals surface area contributed by atoms with E-state index in [9.17, 15) is 0 Å². The third-order valence-corrected chi connectivity index (χ3v) is 12.6. The second kappa shape index (κ2) is 13.9. The zero-order chi connectivity index (χ0) is 39.6. The van der Waals surface area contributed by atoms with E-state index in [1.807, 2.05) is 0 Å². The standard InChI is InChI=1S/C60H38/c1-3-17-42-34-44(30-28-39(42)14-1)46-36-47(45-31-29-40-15-2-4-18-43(40)35-45)38-48(37-46)50-32-33-58(52-22-8-7-21-51(50)52)60-56-25-11-9-23-54(56)59(55-24-10-12-26-57(55)60)53-27-13-19-41-16-5-6-20-49(41)53/h1-38H. The number of benzene rings is 12. The Morgan fingerprint density at radius 1 is 0.167 bits per heavy atom. The van der Waals surface area contributed by atoms with Crippen LogP contribution in [0.4, 0.5) is 0 Å². The molecule has 0 saturated carbocycles. The quantitative estimate of drug-likeness (QED) is 0.153. The molecule has 0 heteroatoms. The zero-order valence-corrected chi connectivity index (χ0v) is 32.9. The van der Waals surface area contributed by atoms with Crippen molar-refractivity contribution in [3.8, 4) is 55.6 Å². The molecule has 0 aliphatic heterocycles. The Morgan fingerprint density at radius 3 is 1.07 bits per heavy atom. The summed E-state index contributed by atoms with van der Waals surface area (Å²) in [4.78, 5) is 0. The molecule has 0 spiro atoms. The summed E-state index contributed by atoms with van der Waals surface area (Å²) < 4.78 is 0. The molecule has 12 rings (SSSR count). The van der Waals surface area contributed by atoms with Crippen LogP contribution < -0.4 is 0 Å². The van der Waals surface area contributed by atoms with E-state index >= 15 is 0 Å². The monoisotopic (exact) mass is 758 g/mol. The Bertz CT molecular complexity index is 3500. The molecule has 0 aliphatic carbocycles. The summed E-state index contributed by atoms with van der Waals surface area (Å²) in [7, 11) is 0. The molecule has 0 radical (unpaired) electrons. The van der Waals surface area contributed by atoms with Crippen molar-refractivity contribution in [2.45, 2.75) is 0 Å². The topological polar surface area (TPSA) is 0 Å². The Hall–Kier alpha value is -7.80. The van der Waals surface area contributed by atoms with Gasteiger partial charge in [0.15, 0.2) is 0 Å². The SMILES string of the molecule is c1ccc2cc(-c3cc(-c4ccc5ccccc5c4)cc(-c4ccc(-c5c6ccccc6c(-c6cccc7ccccc67)c6ccccc56)c5ccccc45)c3)ccc2c1. The lowest BCUT2D eigenvalue weighted by Crippen LogP contribution is -1.93. The molecular weight excluding hydrogens is 721 g/mol. The lowest BCUT2D eigenvalue weighted by molar-refractivity contribution is 1.59. The lowest BCUT2D eigenvalue weighted by Gasteiger charge is -2.20. The van der Waals surface area contributed by atoms with Gasteiger partial charge in [-0.25, -0.2) is 0 Å². The summed E-state index contributed by atoms with van der Waals surface area (Å²) in [6.45, 7) is 0. The number of hydrogen-bond acceptors (Lipinski definition) is 0. The maximum atomic E-state index is 2.39. The first-order valence-electron chi connectivity index (χ1n) is 20.8. The highest BCUT2D eigenvalue weighted by Crippen LogP contribution is 2.48. The van der Waals surface area contributed by atoms with Crippen LogP contribution in [0.3, 0.4) is 0 Å². The van der Waals surface area contributed by atoms with Crippen molar-refractivity contribution < 1.29 is 0 Å². The molecule has 0 saturated heterocycles. The average molecular weight is 759 g/mol. The van der Waals surface area contributed by atoms with Gasteiger partial charge in [0, 0.05) is 0 Å². The Morgan fingerprint density at radius 2 is 0.533 bits per heavy atom. The van der Waals surface area contributed by atoms with Crippen LogP contribution in [-0.2, 0) is 0 Å². The first kappa shape index (κ1) is 34.3.